The highest BCUT2D eigenvalue weighted by atomic mass is 32.2. The standard InChI is InChI=1S/C10H14O5S/c1-9-3-5-10(6-4-9)16(12,13)15-8-2-7-14-11/h3-6,11H,2,7-8H2,1H3. The average Bonchev–Trinajstić information content (AvgIpc) is 2.25. The second-order valence-corrected chi connectivity index (χ2v) is 4.89. The molecule has 0 aromatic heterocycles. The molecule has 0 fully saturated rings. The van der Waals surface area contributed by atoms with Crippen molar-refractivity contribution in [2.75, 3.05) is 13.2 Å². The molecule has 0 amide bonds. The van der Waals surface area contributed by atoms with Crippen LogP contribution in [0.4, 0.5) is 0 Å². The first-order valence-corrected chi connectivity index (χ1v) is 6.19. The van der Waals surface area contributed by atoms with Crippen LogP contribution in [0.15, 0.2) is 29.2 Å². The molecule has 1 aromatic rings. The van der Waals surface area contributed by atoms with E-state index in [0.717, 1.165) is 5.56 Å². The maximum absolute atomic E-state index is 11.6. The Balaban J connectivity index is 2.60. The van der Waals surface area contributed by atoms with Crippen LogP contribution < -0.4 is 0 Å². The van der Waals surface area contributed by atoms with Gasteiger partial charge in [-0.25, -0.2) is 4.89 Å². The van der Waals surface area contributed by atoms with Gasteiger partial charge in [-0.1, -0.05) is 17.7 Å². The molecule has 0 atom stereocenters. The zero-order chi connectivity index (χ0) is 12.0. The summed E-state index contributed by atoms with van der Waals surface area (Å²) in [6.07, 6.45) is 0.307. The van der Waals surface area contributed by atoms with Gasteiger partial charge in [-0.05, 0) is 25.5 Å². The largest absolute Gasteiger partial charge is 0.296 e. The zero-order valence-corrected chi connectivity index (χ0v) is 9.74. The molecular weight excluding hydrogens is 232 g/mol. The van der Waals surface area contributed by atoms with E-state index in [1.54, 1.807) is 12.1 Å². The van der Waals surface area contributed by atoms with Crippen LogP contribution in [-0.4, -0.2) is 26.9 Å². The van der Waals surface area contributed by atoms with Crippen molar-refractivity contribution in [2.24, 2.45) is 0 Å². The fourth-order valence-corrected chi connectivity index (χ4v) is 2.01. The summed E-state index contributed by atoms with van der Waals surface area (Å²) in [5.74, 6) is 0. The molecule has 0 spiro atoms. The zero-order valence-electron chi connectivity index (χ0n) is 8.92. The SMILES string of the molecule is Cc1ccc(S(=O)(=O)OCCCOO)cc1. The maximum atomic E-state index is 11.6. The lowest BCUT2D eigenvalue weighted by Crippen LogP contribution is -2.09. The lowest BCUT2D eigenvalue weighted by molar-refractivity contribution is -0.243. The van der Waals surface area contributed by atoms with Crippen molar-refractivity contribution >= 4 is 10.1 Å². The monoisotopic (exact) mass is 246 g/mol. The van der Waals surface area contributed by atoms with Gasteiger partial charge in [0.2, 0.25) is 0 Å². The minimum Gasteiger partial charge on any atom is -0.266 e. The molecule has 1 rings (SSSR count). The van der Waals surface area contributed by atoms with Crippen molar-refractivity contribution in [3.8, 4) is 0 Å². The third-order valence-electron chi connectivity index (χ3n) is 1.93. The molecule has 0 aliphatic heterocycles. The minimum absolute atomic E-state index is 0.0171. The summed E-state index contributed by atoms with van der Waals surface area (Å²) in [7, 11) is -3.69. The van der Waals surface area contributed by atoms with Crippen molar-refractivity contribution in [1.29, 1.82) is 0 Å². The Hall–Kier alpha value is -0.950. The van der Waals surface area contributed by atoms with E-state index in [2.05, 4.69) is 4.89 Å². The molecule has 1 N–H and O–H groups in total. The predicted molar refractivity (Wildman–Crippen MR) is 57.5 cm³/mol. The first kappa shape index (κ1) is 13.1. The summed E-state index contributed by atoms with van der Waals surface area (Å²) < 4.78 is 27.9. The molecule has 0 saturated heterocycles. The van der Waals surface area contributed by atoms with Gasteiger partial charge in [0.05, 0.1) is 18.1 Å². The molecule has 0 bridgehead atoms. The molecule has 1 aromatic carbocycles. The van der Waals surface area contributed by atoms with Gasteiger partial charge in [0.25, 0.3) is 10.1 Å². The Labute approximate surface area is 94.7 Å². The van der Waals surface area contributed by atoms with Crippen LogP contribution in [0.2, 0.25) is 0 Å². The normalized spacial score (nSPS) is 11.6. The van der Waals surface area contributed by atoms with Gasteiger partial charge in [0, 0.05) is 0 Å². The molecule has 0 radical (unpaired) electrons. The molecule has 0 unspecified atom stereocenters. The highest BCUT2D eigenvalue weighted by molar-refractivity contribution is 7.86. The van der Waals surface area contributed by atoms with Crippen LogP contribution in [0.25, 0.3) is 0 Å². The van der Waals surface area contributed by atoms with E-state index in [9.17, 15) is 8.42 Å². The Morgan fingerprint density at radius 1 is 1.19 bits per heavy atom. The summed E-state index contributed by atoms with van der Waals surface area (Å²) in [6, 6.07) is 6.39. The number of hydrogen-bond acceptors (Lipinski definition) is 5. The lowest BCUT2D eigenvalue weighted by atomic mass is 10.2. The Kier molecular flexibility index (Phi) is 4.88. The van der Waals surface area contributed by atoms with Gasteiger partial charge < -0.3 is 0 Å². The van der Waals surface area contributed by atoms with Crippen molar-refractivity contribution in [1.82, 2.24) is 0 Å². The third-order valence-corrected chi connectivity index (χ3v) is 3.25. The van der Waals surface area contributed by atoms with Crippen LogP contribution >= 0.6 is 0 Å². The molecule has 16 heavy (non-hydrogen) atoms. The fraction of sp³-hybridized carbons (Fsp3) is 0.400. The molecule has 0 heterocycles. The molecule has 90 valence electrons. The second-order valence-electron chi connectivity index (χ2n) is 3.28. The van der Waals surface area contributed by atoms with Crippen LogP contribution in [0.3, 0.4) is 0 Å². The molecule has 0 saturated carbocycles. The quantitative estimate of drug-likeness (QED) is 0.357. The third kappa shape index (κ3) is 3.90. The number of benzene rings is 1. The van der Waals surface area contributed by atoms with Crippen LogP contribution in [0, 0.1) is 6.92 Å². The maximum Gasteiger partial charge on any atom is 0.296 e. The van der Waals surface area contributed by atoms with E-state index < -0.39 is 10.1 Å². The van der Waals surface area contributed by atoms with Gasteiger partial charge in [-0.2, -0.15) is 8.42 Å². The Morgan fingerprint density at radius 2 is 1.81 bits per heavy atom. The topological polar surface area (TPSA) is 72.8 Å². The highest BCUT2D eigenvalue weighted by Crippen LogP contribution is 2.13. The predicted octanol–water partition coefficient (Wildman–Crippen LogP) is 1.58. The average molecular weight is 246 g/mol. The summed E-state index contributed by atoms with van der Waals surface area (Å²) >= 11 is 0. The Morgan fingerprint density at radius 3 is 2.38 bits per heavy atom. The van der Waals surface area contributed by atoms with Gasteiger partial charge in [-0.15, -0.1) is 0 Å². The van der Waals surface area contributed by atoms with E-state index in [-0.39, 0.29) is 18.1 Å². The minimum atomic E-state index is -3.69. The number of rotatable bonds is 6. The lowest BCUT2D eigenvalue weighted by Gasteiger charge is -2.05. The van der Waals surface area contributed by atoms with Crippen molar-refractivity contribution in [3.63, 3.8) is 0 Å². The summed E-state index contributed by atoms with van der Waals surface area (Å²) in [6.45, 7) is 1.90. The van der Waals surface area contributed by atoms with E-state index in [4.69, 9.17) is 9.44 Å². The fourth-order valence-electron chi connectivity index (χ4n) is 1.07. The first-order valence-electron chi connectivity index (χ1n) is 4.79. The van der Waals surface area contributed by atoms with E-state index in [1.165, 1.54) is 12.1 Å². The van der Waals surface area contributed by atoms with Crippen molar-refractivity contribution in [2.45, 2.75) is 18.2 Å². The molecular formula is C10H14O5S. The Bertz CT molecular complexity index is 409. The smallest absolute Gasteiger partial charge is 0.266 e. The van der Waals surface area contributed by atoms with Crippen LogP contribution in [0.1, 0.15) is 12.0 Å². The second kappa shape index (κ2) is 5.95. The van der Waals surface area contributed by atoms with Gasteiger partial charge in [0.1, 0.15) is 0 Å². The van der Waals surface area contributed by atoms with Gasteiger partial charge >= 0.3 is 0 Å². The number of aryl methyl sites for hydroxylation is 1. The van der Waals surface area contributed by atoms with Crippen LogP contribution in [0.5, 0.6) is 0 Å². The van der Waals surface area contributed by atoms with Gasteiger partial charge in [0.15, 0.2) is 0 Å². The molecule has 0 aliphatic rings. The molecule has 0 aliphatic carbocycles. The van der Waals surface area contributed by atoms with E-state index >= 15 is 0 Å². The highest BCUT2D eigenvalue weighted by Gasteiger charge is 2.14. The molecule has 6 heteroatoms. The van der Waals surface area contributed by atoms with E-state index in [1.807, 2.05) is 6.92 Å². The first-order chi connectivity index (χ1) is 7.56. The van der Waals surface area contributed by atoms with E-state index in [0.29, 0.717) is 6.42 Å². The van der Waals surface area contributed by atoms with Gasteiger partial charge in [-0.3, -0.25) is 9.44 Å². The number of hydrogen-bond donors (Lipinski definition) is 1. The summed E-state index contributed by atoms with van der Waals surface area (Å²) in [5, 5.41) is 8.04. The molecule has 5 nitrogen and oxygen atoms in total. The van der Waals surface area contributed by atoms with Crippen LogP contribution in [-0.2, 0) is 19.2 Å². The summed E-state index contributed by atoms with van der Waals surface area (Å²) in [5.41, 5.74) is 0.979. The van der Waals surface area contributed by atoms with Crippen molar-refractivity contribution < 1.29 is 22.7 Å². The summed E-state index contributed by atoms with van der Waals surface area (Å²) in [4.78, 5) is 3.93. The van der Waals surface area contributed by atoms with Crippen molar-refractivity contribution in [3.05, 3.63) is 29.8 Å².